The minimum absolute atomic E-state index is 0.00359. The Labute approximate surface area is 168 Å². The van der Waals surface area contributed by atoms with E-state index >= 15 is 0 Å². The monoisotopic (exact) mass is 393 g/mol. The summed E-state index contributed by atoms with van der Waals surface area (Å²) < 4.78 is 7.83. The molecule has 0 aliphatic carbocycles. The normalized spacial score (nSPS) is 15.8. The van der Waals surface area contributed by atoms with Crippen LogP contribution in [-0.4, -0.2) is 43.4 Å². The van der Waals surface area contributed by atoms with E-state index < -0.39 is 0 Å². The maximum Gasteiger partial charge on any atom is 0.321 e. The average Bonchev–Trinajstić information content (AvgIpc) is 3.17. The van der Waals surface area contributed by atoms with Gasteiger partial charge in [-0.05, 0) is 38.0 Å². The molecular formula is C21H23N5O3. The van der Waals surface area contributed by atoms with Gasteiger partial charge in [0.05, 0.1) is 25.0 Å². The van der Waals surface area contributed by atoms with E-state index in [1.54, 1.807) is 36.3 Å². The van der Waals surface area contributed by atoms with Crippen LogP contribution < -0.4 is 9.64 Å². The molecule has 1 aliphatic rings. The average molecular weight is 393 g/mol. The predicted molar refractivity (Wildman–Crippen MR) is 108 cm³/mol. The zero-order valence-electron chi connectivity index (χ0n) is 16.4. The molecule has 0 radical (unpaired) electrons. The SMILES string of the molecule is CC(=O)N1c2ccc(-c3cnn(CCO)c3)c(Oc3ncccn3)c2CC[C@@H]1C. The number of hydrogen-bond donors (Lipinski definition) is 1. The summed E-state index contributed by atoms with van der Waals surface area (Å²) in [5, 5.41) is 13.5. The number of benzene rings is 1. The minimum Gasteiger partial charge on any atom is -0.423 e. The molecular weight excluding hydrogens is 370 g/mol. The fourth-order valence-corrected chi connectivity index (χ4v) is 3.79. The topological polar surface area (TPSA) is 93.4 Å². The van der Waals surface area contributed by atoms with Gasteiger partial charge in [0.25, 0.3) is 0 Å². The number of aliphatic hydroxyl groups is 1. The van der Waals surface area contributed by atoms with Crippen LogP contribution in [0.25, 0.3) is 11.1 Å². The summed E-state index contributed by atoms with van der Waals surface area (Å²) in [5.74, 6) is 0.638. The van der Waals surface area contributed by atoms with Crippen LogP contribution in [0.4, 0.5) is 5.69 Å². The van der Waals surface area contributed by atoms with Crippen molar-refractivity contribution in [2.24, 2.45) is 0 Å². The molecule has 3 heterocycles. The Kier molecular flexibility index (Phi) is 5.26. The lowest BCUT2D eigenvalue weighted by atomic mass is 9.92. The van der Waals surface area contributed by atoms with Gasteiger partial charge in [-0.25, -0.2) is 9.97 Å². The Hall–Kier alpha value is -3.26. The zero-order valence-corrected chi connectivity index (χ0v) is 16.4. The second kappa shape index (κ2) is 8.00. The van der Waals surface area contributed by atoms with Crippen molar-refractivity contribution >= 4 is 11.6 Å². The van der Waals surface area contributed by atoms with E-state index in [1.165, 1.54) is 0 Å². The zero-order chi connectivity index (χ0) is 20.4. The summed E-state index contributed by atoms with van der Waals surface area (Å²) in [6.45, 7) is 4.06. The molecule has 0 unspecified atom stereocenters. The van der Waals surface area contributed by atoms with Crippen LogP contribution in [0.1, 0.15) is 25.8 Å². The molecule has 0 saturated heterocycles. The fourth-order valence-electron chi connectivity index (χ4n) is 3.79. The summed E-state index contributed by atoms with van der Waals surface area (Å²) in [5.41, 5.74) is 3.52. The van der Waals surface area contributed by atoms with E-state index in [1.807, 2.05) is 23.2 Å². The predicted octanol–water partition coefficient (Wildman–Crippen LogP) is 2.81. The molecule has 0 bridgehead atoms. The first kappa shape index (κ1) is 19.1. The van der Waals surface area contributed by atoms with Gasteiger partial charge in [0.1, 0.15) is 5.75 Å². The maximum atomic E-state index is 12.3. The molecule has 1 aliphatic heterocycles. The molecule has 0 saturated carbocycles. The third-order valence-corrected chi connectivity index (χ3v) is 5.10. The largest absolute Gasteiger partial charge is 0.423 e. The highest BCUT2D eigenvalue weighted by molar-refractivity contribution is 5.95. The molecule has 1 aromatic carbocycles. The summed E-state index contributed by atoms with van der Waals surface area (Å²) >= 11 is 0. The second-order valence-corrected chi connectivity index (χ2v) is 7.07. The van der Waals surface area contributed by atoms with Crippen molar-refractivity contribution in [1.82, 2.24) is 19.7 Å². The molecule has 4 rings (SSSR count). The van der Waals surface area contributed by atoms with Crippen LogP contribution in [0.3, 0.4) is 0 Å². The molecule has 1 N–H and O–H groups in total. The minimum atomic E-state index is 0.00359. The van der Waals surface area contributed by atoms with Gasteiger partial charge in [0.2, 0.25) is 5.91 Å². The number of aromatic nitrogens is 4. The van der Waals surface area contributed by atoms with Crippen LogP contribution in [-0.2, 0) is 17.8 Å². The highest BCUT2D eigenvalue weighted by atomic mass is 16.5. The first-order chi connectivity index (χ1) is 14.1. The third kappa shape index (κ3) is 3.71. The van der Waals surface area contributed by atoms with Gasteiger partial charge in [-0.2, -0.15) is 5.10 Å². The van der Waals surface area contributed by atoms with Gasteiger partial charge >= 0.3 is 6.01 Å². The van der Waals surface area contributed by atoms with Gasteiger partial charge < -0.3 is 14.7 Å². The van der Waals surface area contributed by atoms with Crippen LogP contribution >= 0.6 is 0 Å². The van der Waals surface area contributed by atoms with Crippen molar-refractivity contribution in [2.75, 3.05) is 11.5 Å². The van der Waals surface area contributed by atoms with Gasteiger partial charge in [-0.3, -0.25) is 9.48 Å². The number of fused-ring (bicyclic) bond motifs is 1. The fraction of sp³-hybridized carbons (Fsp3) is 0.333. The lowest BCUT2D eigenvalue weighted by molar-refractivity contribution is -0.117. The Balaban J connectivity index is 1.85. The van der Waals surface area contributed by atoms with Gasteiger partial charge in [0.15, 0.2) is 0 Å². The molecule has 1 atom stereocenters. The van der Waals surface area contributed by atoms with Crippen LogP contribution in [0.15, 0.2) is 43.0 Å². The van der Waals surface area contributed by atoms with Gasteiger partial charge in [-0.1, -0.05) is 0 Å². The summed E-state index contributed by atoms with van der Waals surface area (Å²) in [7, 11) is 0. The van der Waals surface area contributed by atoms with Crippen LogP contribution in [0.2, 0.25) is 0 Å². The molecule has 8 heteroatoms. The van der Waals surface area contributed by atoms with Crippen molar-refractivity contribution in [3.8, 4) is 22.9 Å². The van der Waals surface area contributed by atoms with Crippen molar-refractivity contribution in [3.05, 3.63) is 48.5 Å². The molecule has 150 valence electrons. The number of rotatable bonds is 5. The summed E-state index contributed by atoms with van der Waals surface area (Å²) in [6, 6.07) is 6.00. The quantitative estimate of drug-likeness (QED) is 0.716. The number of amides is 1. The van der Waals surface area contributed by atoms with Crippen molar-refractivity contribution in [2.45, 2.75) is 39.3 Å². The van der Waals surface area contributed by atoms with Crippen molar-refractivity contribution in [1.29, 1.82) is 0 Å². The van der Waals surface area contributed by atoms with Gasteiger partial charge in [-0.15, -0.1) is 0 Å². The Morgan fingerprint density at radius 3 is 2.83 bits per heavy atom. The molecule has 8 nitrogen and oxygen atoms in total. The van der Waals surface area contributed by atoms with E-state index in [2.05, 4.69) is 22.0 Å². The molecule has 0 spiro atoms. The first-order valence-electron chi connectivity index (χ1n) is 9.62. The number of ether oxygens (including phenoxy) is 1. The van der Waals surface area contributed by atoms with Crippen LogP contribution in [0.5, 0.6) is 11.8 Å². The smallest absolute Gasteiger partial charge is 0.321 e. The lowest BCUT2D eigenvalue weighted by Crippen LogP contribution is -2.40. The summed E-state index contributed by atoms with van der Waals surface area (Å²) in [6.07, 6.45) is 8.48. The summed E-state index contributed by atoms with van der Waals surface area (Å²) in [4.78, 5) is 22.5. The Morgan fingerprint density at radius 2 is 2.10 bits per heavy atom. The van der Waals surface area contributed by atoms with E-state index in [4.69, 9.17) is 4.74 Å². The number of nitrogens with zero attached hydrogens (tertiary/aromatic N) is 5. The van der Waals surface area contributed by atoms with Gasteiger partial charge in [0, 0.05) is 48.2 Å². The van der Waals surface area contributed by atoms with E-state index in [9.17, 15) is 9.90 Å². The number of carbonyl (C=O) groups excluding carboxylic acids is 1. The second-order valence-electron chi connectivity index (χ2n) is 7.07. The highest BCUT2D eigenvalue weighted by Crippen LogP contribution is 2.44. The number of hydrogen-bond acceptors (Lipinski definition) is 6. The molecule has 29 heavy (non-hydrogen) atoms. The third-order valence-electron chi connectivity index (χ3n) is 5.10. The maximum absolute atomic E-state index is 12.3. The molecule has 3 aromatic rings. The number of carbonyl (C=O) groups is 1. The number of aliphatic hydroxyl groups excluding tert-OH is 1. The number of anilines is 1. The molecule has 0 fully saturated rings. The van der Waals surface area contributed by atoms with E-state index in [0.29, 0.717) is 12.3 Å². The van der Waals surface area contributed by atoms with Crippen molar-refractivity contribution < 1.29 is 14.6 Å². The van der Waals surface area contributed by atoms with E-state index in [0.717, 1.165) is 35.2 Å². The van der Waals surface area contributed by atoms with Crippen molar-refractivity contribution in [3.63, 3.8) is 0 Å². The standard InChI is InChI=1S/C21H23N5O3/c1-14-4-5-18-19(26(14)15(2)28)7-6-17(16-12-24-25(13-16)10-11-27)20(18)29-21-22-8-3-9-23-21/h3,6-9,12-14,27H,4-5,10-11H2,1-2H3/t14-/m0/s1. The highest BCUT2D eigenvalue weighted by Gasteiger charge is 2.30. The molecule has 2 aromatic heterocycles. The molecule has 1 amide bonds. The Morgan fingerprint density at radius 1 is 1.31 bits per heavy atom. The van der Waals surface area contributed by atoms with Crippen LogP contribution in [0, 0.1) is 0 Å². The van der Waals surface area contributed by atoms with E-state index in [-0.39, 0.29) is 24.6 Å². The lowest BCUT2D eigenvalue weighted by Gasteiger charge is -2.35. The first-order valence-corrected chi connectivity index (χ1v) is 9.62. The Bertz CT molecular complexity index is 1020.